The molecule has 0 heterocycles. The van der Waals surface area contributed by atoms with Crippen LogP contribution in [0.4, 0.5) is 4.39 Å². The van der Waals surface area contributed by atoms with Crippen molar-refractivity contribution in [2.75, 3.05) is 13.2 Å². The number of nitrogens with two attached hydrogens (primary N) is 1. The molecule has 0 amide bonds. The monoisotopic (exact) mass is 212 g/mol. The fraction of sp³-hybridized carbons (Fsp3) is 0.300. The molecule has 0 atom stereocenters. The molecule has 1 aromatic rings. The van der Waals surface area contributed by atoms with Gasteiger partial charge < -0.3 is 15.6 Å². The van der Waals surface area contributed by atoms with Gasteiger partial charge in [0.15, 0.2) is 11.6 Å². The van der Waals surface area contributed by atoms with E-state index in [0.717, 1.165) is 6.07 Å². The minimum Gasteiger partial charge on any atom is -0.490 e. The third kappa shape index (κ3) is 3.21. The lowest BCUT2D eigenvalue weighted by Crippen LogP contribution is -2.11. The number of nitrogen functional groups attached to an aromatic ring is 1. The lowest BCUT2D eigenvalue weighted by molar-refractivity contribution is 0.228. The second-order valence-electron chi connectivity index (χ2n) is 2.98. The van der Waals surface area contributed by atoms with Crippen LogP contribution in [-0.4, -0.2) is 24.2 Å². The van der Waals surface area contributed by atoms with Crippen LogP contribution in [0.5, 0.6) is 5.75 Å². The van der Waals surface area contributed by atoms with Gasteiger partial charge in [-0.2, -0.15) is 0 Å². The summed E-state index contributed by atoms with van der Waals surface area (Å²) < 4.78 is 18.4. The third-order valence-electron chi connectivity index (χ3n) is 1.80. The minimum absolute atomic E-state index is 0.00709. The first-order chi connectivity index (χ1) is 7.15. The number of benzene rings is 1. The van der Waals surface area contributed by atoms with Gasteiger partial charge in [-0.15, -0.1) is 0 Å². The zero-order valence-corrected chi connectivity index (χ0v) is 8.16. The lowest BCUT2D eigenvalue weighted by Gasteiger charge is -2.07. The topological polar surface area (TPSA) is 79.3 Å². The fourth-order valence-corrected chi connectivity index (χ4v) is 1.03. The zero-order valence-electron chi connectivity index (χ0n) is 8.16. The molecule has 4 N–H and O–H groups in total. The van der Waals surface area contributed by atoms with Crippen molar-refractivity contribution in [1.82, 2.24) is 0 Å². The first-order valence-corrected chi connectivity index (χ1v) is 4.52. The molecule has 0 aromatic heterocycles. The SMILES string of the molecule is N=C(N)c1ccc(OCCCO)c(F)c1. The van der Waals surface area contributed by atoms with Crippen LogP contribution in [0.1, 0.15) is 12.0 Å². The van der Waals surface area contributed by atoms with E-state index in [1.54, 1.807) is 0 Å². The molecule has 1 rings (SSSR count). The van der Waals surface area contributed by atoms with Gasteiger partial charge in [0.1, 0.15) is 5.84 Å². The van der Waals surface area contributed by atoms with Crippen LogP contribution in [0.2, 0.25) is 0 Å². The molecule has 0 aliphatic heterocycles. The summed E-state index contributed by atoms with van der Waals surface area (Å²) in [5.41, 5.74) is 5.52. The van der Waals surface area contributed by atoms with E-state index in [-0.39, 0.29) is 24.8 Å². The van der Waals surface area contributed by atoms with Gasteiger partial charge >= 0.3 is 0 Å². The maximum absolute atomic E-state index is 13.3. The van der Waals surface area contributed by atoms with Gasteiger partial charge in [0.2, 0.25) is 0 Å². The van der Waals surface area contributed by atoms with E-state index in [9.17, 15) is 4.39 Å². The van der Waals surface area contributed by atoms with Crippen molar-refractivity contribution in [2.45, 2.75) is 6.42 Å². The summed E-state index contributed by atoms with van der Waals surface area (Å²) >= 11 is 0. The standard InChI is InChI=1S/C10H13FN2O2/c11-8-6-7(10(12)13)2-3-9(8)15-5-1-4-14/h2-3,6,14H,1,4-5H2,(H3,12,13). The van der Waals surface area contributed by atoms with Crippen molar-refractivity contribution in [3.8, 4) is 5.75 Å². The largest absolute Gasteiger partial charge is 0.490 e. The summed E-state index contributed by atoms with van der Waals surface area (Å²) in [6.07, 6.45) is 0.452. The summed E-state index contributed by atoms with van der Waals surface area (Å²) in [6.45, 7) is 0.264. The van der Waals surface area contributed by atoms with E-state index >= 15 is 0 Å². The Morgan fingerprint density at radius 1 is 1.53 bits per heavy atom. The van der Waals surface area contributed by atoms with Crippen LogP contribution in [0.3, 0.4) is 0 Å². The van der Waals surface area contributed by atoms with E-state index in [4.69, 9.17) is 21.0 Å². The number of aliphatic hydroxyl groups excluding tert-OH is 1. The Morgan fingerprint density at radius 3 is 2.80 bits per heavy atom. The second kappa shape index (κ2) is 5.31. The van der Waals surface area contributed by atoms with Gasteiger partial charge in [-0.3, -0.25) is 5.41 Å². The molecule has 4 nitrogen and oxygen atoms in total. The van der Waals surface area contributed by atoms with Crippen LogP contribution in [-0.2, 0) is 0 Å². The van der Waals surface area contributed by atoms with Gasteiger partial charge in [-0.05, 0) is 18.2 Å². The summed E-state index contributed by atoms with van der Waals surface area (Å²) in [7, 11) is 0. The molecule has 0 unspecified atom stereocenters. The van der Waals surface area contributed by atoms with Crippen molar-refractivity contribution >= 4 is 5.84 Å². The highest BCUT2D eigenvalue weighted by molar-refractivity contribution is 5.95. The molecule has 0 saturated carbocycles. The van der Waals surface area contributed by atoms with Gasteiger partial charge in [0.25, 0.3) is 0 Å². The summed E-state index contributed by atoms with van der Waals surface area (Å²) in [5, 5.41) is 15.6. The quantitative estimate of drug-likeness (QED) is 0.385. The second-order valence-corrected chi connectivity index (χ2v) is 2.98. The predicted molar refractivity (Wildman–Crippen MR) is 54.6 cm³/mol. The number of halogens is 1. The average Bonchev–Trinajstić information content (AvgIpc) is 2.20. The van der Waals surface area contributed by atoms with Gasteiger partial charge in [-0.25, -0.2) is 4.39 Å². The Hall–Kier alpha value is -1.62. The maximum Gasteiger partial charge on any atom is 0.165 e. The third-order valence-corrected chi connectivity index (χ3v) is 1.80. The van der Waals surface area contributed by atoms with E-state index in [1.807, 2.05) is 0 Å². The molecule has 5 heteroatoms. The van der Waals surface area contributed by atoms with E-state index in [0.29, 0.717) is 12.0 Å². The Balaban J connectivity index is 2.70. The number of hydrogen-bond donors (Lipinski definition) is 3. The summed E-state index contributed by atoms with van der Waals surface area (Å²) in [6, 6.07) is 4.08. The van der Waals surface area contributed by atoms with Crippen LogP contribution < -0.4 is 10.5 Å². The van der Waals surface area contributed by atoms with E-state index in [1.165, 1.54) is 12.1 Å². The van der Waals surface area contributed by atoms with Crippen molar-refractivity contribution in [2.24, 2.45) is 5.73 Å². The number of amidine groups is 1. The van der Waals surface area contributed by atoms with Crippen molar-refractivity contribution in [3.05, 3.63) is 29.6 Å². The normalized spacial score (nSPS) is 10.0. The molecule has 0 fully saturated rings. The number of nitrogens with one attached hydrogen (secondary N) is 1. The fourth-order valence-electron chi connectivity index (χ4n) is 1.03. The van der Waals surface area contributed by atoms with Gasteiger partial charge in [0.05, 0.1) is 6.61 Å². The molecule has 82 valence electrons. The highest BCUT2D eigenvalue weighted by Crippen LogP contribution is 2.18. The molecular weight excluding hydrogens is 199 g/mol. The van der Waals surface area contributed by atoms with Gasteiger partial charge in [0, 0.05) is 18.6 Å². The molecule has 15 heavy (non-hydrogen) atoms. The van der Waals surface area contributed by atoms with Crippen LogP contribution >= 0.6 is 0 Å². The van der Waals surface area contributed by atoms with E-state index < -0.39 is 5.82 Å². The summed E-state index contributed by atoms with van der Waals surface area (Å²) in [5.74, 6) is -0.634. The Labute approximate surface area is 87.0 Å². The molecule has 0 radical (unpaired) electrons. The molecule has 0 bridgehead atoms. The summed E-state index contributed by atoms with van der Waals surface area (Å²) in [4.78, 5) is 0. The first-order valence-electron chi connectivity index (χ1n) is 4.52. The molecule has 0 saturated heterocycles. The maximum atomic E-state index is 13.3. The van der Waals surface area contributed by atoms with E-state index in [2.05, 4.69) is 0 Å². The van der Waals surface area contributed by atoms with Crippen LogP contribution in [0, 0.1) is 11.2 Å². The number of aliphatic hydroxyl groups is 1. The first kappa shape index (κ1) is 11.5. The van der Waals surface area contributed by atoms with Gasteiger partial charge in [-0.1, -0.05) is 0 Å². The molecule has 0 spiro atoms. The Bertz CT molecular complexity index is 355. The molecule has 0 aliphatic rings. The predicted octanol–water partition coefficient (Wildman–Crippen LogP) is 0.871. The lowest BCUT2D eigenvalue weighted by atomic mass is 10.2. The zero-order chi connectivity index (χ0) is 11.3. The average molecular weight is 212 g/mol. The minimum atomic E-state index is -0.555. The Kier molecular flexibility index (Phi) is 4.05. The van der Waals surface area contributed by atoms with Crippen molar-refractivity contribution < 1.29 is 14.2 Å². The van der Waals surface area contributed by atoms with Crippen LogP contribution in [0.15, 0.2) is 18.2 Å². The highest BCUT2D eigenvalue weighted by Gasteiger charge is 2.05. The molecule has 1 aromatic carbocycles. The molecule has 0 aliphatic carbocycles. The van der Waals surface area contributed by atoms with Crippen molar-refractivity contribution in [3.63, 3.8) is 0 Å². The van der Waals surface area contributed by atoms with Crippen LogP contribution in [0.25, 0.3) is 0 Å². The van der Waals surface area contributed by atoms with Crippen molar-refractivity contribution in [1.29, 1.82) is 5.41 Å². The smallest absolute Gasteiger partial charge is 0.165 e. The Morgan fingerprint density at radius 2 is 2.27 bits per heavy atom. The number of hydrogen-bond acceptors (Lipinski definition) is 3. The number of rotatable bonds is 5. The highest BCUT2D eigenvalue weighted by atomic mass is 19.1. The molecular formula is C10H13FN2O2. The number of ether oxygens (including phenoxy) is 1.